The second kappa shape index (κ2) is 5.58. The summed E-state index contributed by atoms with van der Waals surface area (Å²) >= 11 is 0. The van der Waals surface area contributed by atoms with Crippen LogP contribution in [0.4, 0.5) is 0 Å². The van der Waals surface area contributed by atoms with E-state index in [4.69, 9.17) is 10.2 Å². The van der Waals surface area contributed by atoms with Crippen LogP contribution in [0.2, 0.25) is 0 Å². The molecule has 0 atom stereocenters. The quantitative estimate of drug-likeness (QED) is 0.752. The number of hydrogen-bond donors (Lipinski definition) is 1. The molecule has 17 heavy (non-hydrogen) atoms. The standard InChI is InChI=1S/C11H17N5O/c1-9-11(13-8-17-9)7-16-6-10(14-15-16)4-2-3-5-12/h6,8H,2-5,7,12H2,1H3. The molecule has 0 radical (unpaired) electrons. The summed E-state index contributed by atoms with van der Waals surface area (Å²) in [5.41, 5.74) is 7.34. The smallest absolute Gasteiger partial charge is 0.181 e. The van der Waals surface area contributed by atoms with Gasteiger partial charge in [0.15, 0.2) is 6.39 Å². The molecule has 0 bridgehead atoms. The molecule has 0 aliphatic rings. The summed E-state index contributed by atoms with van der Waals surface area (Å²) in [6.45, 7) is 3.22. The Morgan fingerprint density at radius 3 is 3.00 bits per heavy atom. The lowest BCUT2D eigenvalue weighted by Gasteiger charge is -1.96. The fraction of sp³-hybridized carbons (Fsp3) is 0.545. The number of rotatable bonds is 6. The van der Waals surface area contributed by atoms with E-state index in [0.717, 1.165) is 43.0 Å². The van der Waals surface area contributed by atoms with Crippen molar-refractivity contribution in [3.63, 3.8) is 0 Å². The number of hydrogen-bond acceptors (Lipinski definition) is 5. The zero-order chi connectivity index (χ0) is 12.1. The highest BCUT2D eigenvalue weighted by Gasteiger charge is 2.06. The van der Waals surface area contributed by atoms with Crippen molar-refractivity contribution < 1.29 is 4.42 Å². The van der Waals surface area contributed by atoms with Crippen LogP contribution in [0.3, 0.4) is 0 Å². The minimum atomic E-state index is 0.603. The maximum absolute atomic E-state index is 5.44. The first kappa shape index (κ1) is 11.8. The highest BCUT2D eigenvalue weighted by atomic mass is 16.3. The molecule has 0 aliphatic heterocycles. The lowest BCUT2D eigenvalue weighted by atomic mass is 10.2. The van der Waals surface area contributed by atoms with Crippen LogP contribution in [-0.4, -0.2) is 26.5 Å². The number of nitrogens with zero attached hydrogens (tertiary/aromatic N) is 4. The average molecular weight is 235 g/mol. The Labute approximate surface area is 99.8 Å². The minimum absolute atomic E-state index is 0.603. The maximum atomic E-state index is 5.44. The number of nitrogens with two attached hydrogens (primary N) is 1. The molecular weight excluding hydrogens is 218 g/mol. The SMILES string of the molecule is Cc1ocnc1Cn1cc(CCCCN)nn1. The predicted octanol–water partition coefficient (Wildman–Crippen LogP) is 0.904. The third-order valence-electron chi connectivity index (χ3n) is 2.63. The Hall–Kier alpha value is -1.69. The lowest BCUT2D eigenvalue weighted by molar-refractivity contribution is 0.521. The van der Waals surface area contributed by atoms with Crippen LogP contribution in [0.5, 0.6) is 0 Å². The first-order valence-corrected chi connectivity index (χ1v) is 5.77. The molecule has 92 valence electrons. The van der Waals surface area contributed by atoms with Gasteiger partial charge in [-0.3, -0.25) is 0 Å². The zero-order valence-electron chi connectivity index (χ0n) is 9.96. The van der Waals surface area contributed by atoms with Crippen molar-refractivity contribution in [2.45, 2.75) is 32.7 Å². The third-order valence-corrected chi connectivity index (χ3v) is 2.63. The summed E-state index contributed by atoms with van der Waals surface area (Å²) < 4.78 is 6.92. The van der Waals surface area contributed by atoms with Crippen LogP contribution < -0.4 is 5.73 Å². The van der Waals surface area contributed by atoms with E-state index in [-0.39, 0.29) is 0 Å². The number of aromatic nitrogens is 4. The highest BCUT2D eigenvalue weighted by Crippen LogP contribution is 2.07. The summed E-state index contributed by atoms with van der Waals surface area (Å²) in [4.78, 5) is 4.12. The molecule has 2 rings (SSSR count). The first-order valence-electron chi connectivity index (χ1n) is 5.77. The van der Waals surface area contributed by atoms with Gasteiger partial charge in [0.2, 0.25) is 0 Å². The predicted molar refractivity (Wildman–Crippen MR) is 62.4 cm³/mol. The molecule has 0 aliphatic carbocycles. The molecule has 0 fully saturated rings. The monoisotopic (exact) mass is 235 g/mol. The van der Waals surface area contributed by atoms with Crippen molar-refractivity contribution in [2.24, 2.45) is 5.73 Å². The molecule has 0 unspecified atom stereocenters. The Bertz CT molecular complexity index is 462. The van der Waals surface area contributed by atoms with E-state index in [2.05, 4.69) is 15.3 Å². The van der Waals surface area contributed by atoms with Crippen LogP contribution >= 0.6 is 0 Å². The first-order chi connectivity index (χ1) is 8.29. The molecule has 6 nitrogen and oxygen atoms in total. The fourth-order valence-electron chi connectivity index (χ4n) is 1.61. The third kappa shape index (κ3) is 3.13. The second-order valence-electron chi connectivity index (χ2n) is 4.01. The molecular formula is C11H17N5O. The normalized spacial score (nSPS) is 10.9. The molecule has 2 heterocycles. The molecule has 2 N–H and O–H groups in total. The van der Waals surface area contributed by atoms with Crippen molar-refractivity contribution in [1.29, 1.82) is 0 Å². The van der Waals surface area contributed by atoms with Gasteiger partial charge in [-0.1, -0.05) is 5.21 Å². The number of oxazole rings is 1. The van der Waals surface area contributed by atoms with Crippen LogP contribution in [0, 0.1) is 6.92 Å². The summed E-state index contributed by atoms with van der Waals surface area (Å²) in [5.74, 6) is 0.824. The van der Waals surface area contributed by atoms with Gasteiger partial charge in [0.1, 0.15) is 11.5 Å². The summed E-state index contributed by atoms with van der Waals surface area (Å²) in [7, 11) is 0. The molecule has 0 saturated heterocycles. The van der Waals surface area contributed by atoms with E-state index in [9.17, 15) is 0 Å². The van der Waals surface area contributed by atoms with Gasteiger partial charge in [0.25, 0.3) is 0 Å². The fourth-order valence-corrected chi connectivity index (χ4v) is 1.61. The molecule has 0 amide bonds. The van der Waals surface area contributed by atoms with Gasteiger partial charge in [-0.25, -0.2) is 9.67 Å². The van der Waals surface area contributed by atoms with E-state index in [1.54, 1.807) is 4.68 Å². The van der Waals surface area contributed by atoms with E-state index in [0.29, 0.717) is 6.54 Å². The van der Waals surface area contributed by atoms with Crippen molar-refractivity contribution in [2.75, 3.05) is 6.54 Å². The average Bonchev–Trinajstić information content (AvgIpc) is 2.91. The maximum Gasteiger partial charge on any atom is 0.181 e. The van der Waals surface area contributed by atoms with Crippen molar-refractivity contribution in [1.82, 2.24) is 20.0 Å². The molecule has 0 aromatic carbocycles. The van der Waals surface area contributed by atoms with E-state index in [1.165, 1.54) is 6.39 Å². The van der Waals surface area contributed by atoms with Gasteiger partial charge in [0, 0.05) is 6.20 Å². The van der Waals surface area contributed by atoms with Crippen LogP contribution in [-0.2, 0) is 13.0 Å². The van der Waals surface area contributed by atoms with Crippen LogP contribution in [0.1, 0.15) is 30.0 Å². The topological polar surface area (TPSA) is 82.8 Å². The molecule has 6 heteroatoms. The van der Waals surface area contributed by atoms with Crippen LogP contribution in [0.15, 0.2) is 17.0 Å². The van der Waals surface area contributed by atoms with Gasteiger partial charge in [-0.15, -0.1) is 5.10 Å². The van der Waals surface area contributed by atoms with E-state index in [1.807, 2.05) is 13.1 Å². The summed E-state index contributed by atoms with van der Waals surface area (Å²) in [6, 6.07) is 0. The Balaban J connectivity index is 1.92. The van der Waals surface area contributed by atoms with Crippen molar-refractivity contribution in [3.05, 3.63) is 29.7 Å². The molecule has 2 aromatic rings. The van der Waals surface area contributed by atoms with Crippen molar-refractivity contribution >= 4 is 0 Å². The largest absolute Gasteiger partial charge is 0.448 e. The van der Waals surface area contributed by atoms with Crippen LogP contribution in [0.25, 0.3) is 0 Å². The van der Waals surface area contributed by atoms with E-state index >= 15 is 0 Å². The highest BCUT2D eigenvalue weighted by molar-refractivity contribution is 5.05. The van der Waals surface area contributed by atoms with Gasteiger partial charge in [0.05, 0.1) is 12.2 Å². The lowest BCUT2D eigenvalue weighted by Crippen LogP contribution is -2.02. The number of aryl methyl sites for hydroxylation is 2. The van der Waals surface area contributed by atoms with Gasteiger partial charge >= 0.3 is 0 Å². The van der Waals surface area contributed by atoms with E-state index < -0.39 is 0 Å². The van der Waals surface area contributed by atoms with Gasteiger partial charge < -0.3 is 10.2 Å². The Morgan fingerprint density at radius 2 is 2.29 bits per heavy atom. The summed E-state index contributed by atoms with van der Waals surface area (Å²) in [5, 5.41) is 8.18. The Kier molecular flexibility index (Phi) is 3.87. The van der Waals surface area contributed by atoms with Crippen molar-refractivity contribution in [3.8, 4) is 0 Å². The zero-order valence-corrected chi connectivity index (χ0v) is 9.96. The summed E-state index contributed by atoms with van der Waals surface area (Å²) in [6.07, 6.45) is 6.40. The van der Waals surface area contributed by atoms with Gasteiger partial charge in [-0.05, 0) is 32.7 Å². The minimum Gasteiger partial charge on any atom is -0.448 e. The molecule has 2 aromatic heterocycles. The Morgan fingerprint density at radius 1 is 1.41 bits per heavy atom. The molecule has 0 saturated carbocycles. The second-order valence-corrected chi connectivity index (χ2v) is 4.01. The van der Waals surface area contributed by atoms with Gasteiger partial charge in [-0.2, -0.15) is 0 Å². The molecule has 0 spiro atoms. The number of unbranched alkanes of at least 4 members (excludes halogenated alkanes) is 1.